The van der Waals surface area contributed by atoms with E-state index < -0.39 is 15.8 Å². The number of aromatic nitrogens is 2. The van der Waals surface area contributed by atoms with Crippen LogP contribution in [0.2, 0.25) is 0 Å². The quantitative estimate of drug-likeness (QED) is 0.839. The van der Waals surface area contributed by atoms with Gasteiger partial charge in [-0.25, -0.2) is 27.5 Å². The van der Waals surface area contributed by atoms with Crippen molar-refractivity contribution >= 4 is 10.0 Å². The smallest absolute Gasteiger partial charge is 0.240 e. The number of hydrogen-bond acceptors (Lipinski definition) is 5. The fourth-order valence-corrected chi connectivity index (χ4v) is 2.60. The van der Waals surface area contributed by atoms with E-state index in [1.54, 1.807) is 6.07 Å². The highest BCUT2D eigenvalue weighted by atomic mass is 32.2. The van der Waals surface area contributed by atoms with Crippen molar-refractivity contribution in [2.24, 2.45) is 5.73 Å². The van der Waals surface area contributed by atoms with Gasteiger partial charge >= 0.3 is 0 Å². The van der Waals surface area contributed by atoms with Gasteiger partial charge in [0, 0.05) is 18.3 Å². The molecule has 0 spiro atoms. The van der Waals surface area contributed by atoms with Crippen molar-refractivity contribution in [2.75, 3.05) is 0 Å². The average molecular weight is 296 g/mol. The zero-order chi connectivity index (χ0) is 14.6. The molecule has 1 aromatic heterocycles. The lowest BCUT2D eigenvalue weighted by Gasteiger charge is -2.08. The molecule has 8 heteroatoms. The summed E-state index contributed by atoms with van der Waals surface area (Å²) in [6, 6.07) is 5.09. The molecule has 0 unspecified atom stereocenters. The minimum Gasteiger partial charge on any atom is -0.326 e. The fraction of sp³-hybridized carbons (Fsp3) is 0.167. The van der Waals surface area contributed by atoms with Crippen molar-refractivity contribution in [2.45, 2.75) is 18.0 Å². The predicted molar refractivity (Wildman–Crippen MR) is 70.3 cm³/mol. The first-order valence-corrected chi connectivity index (χ1v) is 7.24. The normalized spacial score (nSPS) is 11.5. The summed E-state index contributed by atoms with van der Waals surface area (Å²) in [4.78, 5) is 7.61. The van der Waals surface area contributed by atoms with Gasteiger partial charge in [-0.05, 0) is 24.3 Å². The highest BCUT2D eigenvalue weighted by Gasteiger charge is 2.15. The Morgan fingerprint density at radius 2 is 2.10 bits per heavy atom. The topological polar surface area (TPSA) is 98.0 Å². The SMILES string of the molecule is NCc1cc(S(=O)(=O)NCc2ccncn2)ccc1F. The Morgan fingerprint density at radius 3 is 2.75 bits per heavy atom. The van der Waals surface area contributed by atoms with E-state index in [0.29, 0.717) is 5.69 Å². The van der Waals surface area contributed by atoms with Gasteiger partial charge in [-0.2, -0.15) is 0 Å². The molecule has 1 aromatic carbocycles. The van der Waals surface area contributed by atoms with Crippen LogP contribution in [0.25, 0.3) is 0 Å². The Morgan fingerprint density at radius 1 is 1.30 bits per heavy atom. The molecule has 3 N–H and O–H groups in total. The zero-order valence-corrected chi connectivity index (χ0v) is 11.3. The molecule has 0 aliphatic carbocycles. The molecule has 6 nitrogen and oxygen atoms in total. The Hall–Kier alpha value is -1.90. The van der Waals surface area contributed by atoms with Crippen molar-refractivity contribution in [1.29, 1.82) is 0 Å². The van der Waals surface area contributed by atoms with Crippen molar-refractivity contribution in [1.82, 2.24) is 14.7 Å². The summed E-state index contributed by atoms with van der Waals surface area (Å²) in [5.74, 6) is -0.526. The maximum atomic E-state index is 13.3. The molecular formula is C12H13FN4O2S. The summed E-state index contributed by atoms with van der Waals surface area (Å²) < 4.78 is 39.8. The third-order valence-corrected chi connectivity index (χ3v) is 4.03. The van der Waals surface area contributed by atoms with E-state index in [1.807, 2.05) is 0 Å². The molecule has 0 fully saturated rings. The van der Waals surface area contributed by atoms with Crippen molar-refractivity contribution < 1.29 is 12.8 Å². The van der Waals surface area contributed by atoms with E-state index in [9.17, 15) is 12.8 Å². The highest BCUT2D eigenvalue weighted by molar-refractivity contribution is 7.89. The molecule has 0 saturated heterocycles. The largest absolute Gasteiger partial charge is 0.326 e. The van der Waals surface area contributed by atoms with E-state index in [4.69, 9.17) is 5.73 Å². The van der Waals surface area contributed by atoms with Gasteiger partial charge in [0.2, 0.25) is 10.0 Å². The van der Waals surface area contributed by atoms with Gasteiger partial charge in [0.25, 0.3) is 0 Å². The zero-order valence-electron chi connectivity index (χ0n) is 10.5. The molecule has 0 saturated carbocycles. The van der Waals surface area contributed by atoms with Crippen LogP contribution in [-0.4, -0.2) is 18.4 Å². The Bertz CT molecular complexity index is 692. The first kappa shape index (κ1) is 14.5. The van der Waals surface area contributed by atoms with Crippen LogP contribution in [0.1, 0.15) is 11.3 Å². The minimum absolute atomic E-state index is 0.0280. The Labute approximate surface area is 115 Å². The van der Waals surface area contributed by atoms with Crippen LogP contribution in [0.15, 0.2) is 41.7 Å². The van der Waals surface area contributed by atoms with Crippen LogP contribution >= 0.6 is 0 Å². The number of rotatable bonds is 5. The van der Waals surface area contributed by atoms with Gasteiger partial charge in [-0.3, -0.25) is 0 Å². The van der Waals surface area contributed by atoms with E-state index in [2.05, 4.69) is 14.7 Å². The molecular weight excluding hydrogens is 283 g/mol. The molecule has 0 atom stereocenters. The third-order valence-electron chi connectivity index (χ3n) is 2.63. The lowest BCUT2D eigenvalue weighted by molar-refractivity contribution is 0.578. The maximum Gasteiger partial charge on any atom is 0.240 e. The molecule has 20 heavy (non-hydrogen) atoms. The molecule has 0 radical (unpaired) electrons. The average Bonchev–Trinajstić information content (AvgIpc) is 2.46. The summed E-state index contributed by atoms with van der Waals surface area (Å²) >= 11 is 0. The summed E-state index contributed by atoms with van der Waals surface area (Å²) in [5, 5.41) is 0. The molecule has 2 rings (SSSR count). The van der Waals surface area contributed by atoms with E-state index in [-0.39, 0.29) is 23.5 Å². The molecule has 0 aliphatic rings. The second-order valence-corrected chi connectivity index (χ2v) is 5.75. The van der Waals surface area contributed by atoms with Crippen LogP contribution in [-0.2, 0) is 23.1 Å². The number of halogens is 1. The van der Waals surface area contributed by atoms with Crippen LogP contribution in [0.3, 0.4) is 0 Å². The van der Waals surface area contributed by atoms with Crippen LogP contribution in [0.4, 0.5) is 4.39 Å². The van der Waals surface area contributed by atoms with Gasteiger partial charge in [0.1, 0.15) is 12.1 Å². The summed E-state index contributed by atoms with van der Waals surface area (Å²) in [7, 11) is -3.74. The van der Waals surface area contributed by atoms with Gasteiger partial charge in [-0.1, -0.05) is 0 Å². The number of sulfonamides is 1. The van der Waals surface area contributed by atoms with Gasteiger partial charge < -0.3 is 5.73 Å². The third kappa shape index (κ3) is 3.35. The number of nitrogens with two attached hydrogens (primary N) is 1. The predicted octanol–water partition coefficient (Wildman–Crippen LogP) is 0.553. The molecule has 106 valence electrons. The summed E-state index contributed by atoms with van der Waals surface area (Å²) in [6.45, 7) is -0.0404. The lowest BCUT2D eigenvalue weighted by Crippen LogP contribution is -2.24. The van der Waals surface area contributed by atoms with Crippen LogP contribution in [0, 0.1) is 5.82 Å². The molecule has 2 aromatic rings. The number of nitrogens with zero attached hydrogens (tertiary/aromatic N) is 2. The number of nitrogens with one attached hydrogen (secondary N) is 1. The molecule has 0 aliphatic heterocycles. The van der Waals surface area contributed by atoms with Gasteiger partial charge in [0.15, 0.2) is 0 Å². The first-order valence-electron chi connectivity index (χ1n) is 5.76. The van der Waals surface area contributed by atoms with Crippen molar-refractivity contribution in [3.63, 3.8) is 0 Å². The second kappa shape index (κ2) is 6.04. The monoisotopic (exact) mass is 296 g/mol. The molecule has 0 bridgehead atoms. The lowest BCUT2D eigenvalue weighted by atomic mass is 10.2. The van der Waals surface area contributed by atoms with Crippen molar-refractivity contribution in [3.8, 4) is 0 Å². The number of hydrogen-bond donors (Lipinski definition) is 2. The molecule has 1 heterocycles. The second-order valence-electron chi connectivity index (χ2n) is 3.98. The summed E-state index contributed by atoms with van der Waals surface area (Å²) in [6.07, 6.45) is 2.84. The number of benzene rings is 1. The first-order chi connectivity index (χ1) is 9.53. The van der Waals surface area contributed by atoms with Crippen molar-refractivity contribution in [3.05, 3.63) is 53.9 Å². The van der Waals surface area contributed by atoms with E-state index in [1.165, 1.54) is 24.7 Å². The van der Waals surface area contributed by atoms with Gasteiger partial charge in [-0.15, -0.1) is 0 Å². The van der Waals surface area contributed by atoms with E-state index in [0.717, 1.165) is 6.07 Å². The van der Waals surface area contributed by atoms with Crippen LogP contribution in [0.5, 0.6) is 0 Å². The minimum atomic E-state index is -3.74. The Balaban J connectivity index is 2.18. The Kier molecular flexibility index (Phi) is 4.38. The summed E-state index contributed by atoms with van der Waals surface area (Å²) in [5.41, 5.74) is 6.04. The maximum absolute atomic E-state index is 13.3. The standard InChI is InChI=1S/C12H13FN4O2S/c13-12-2-1-11(5-9(12)6-14)20(18,19)17-7-10-3-4-15-8-16-10/h1-5,8,17H,6-7,14H2. The van der Waals surface area contributed by atoms with E-state index >= 15 is 0 Å². The highest BCUT2D eigenvalue weighted by Crippen LogP contribution is 2.14. The molecule has 0 amide bonds. The fourth-order valence-electron chi connectivity index (χ4n) is 1.55. The van der Waals surface area contributed by atoms with Gasteiger partial charge in [0.05, 0.1) is 17.1 Å². The van der Waals surface area contributed by atoms with Crippen LogP contribution < -0.4 is 10.5 Å².